The summed E-state index contributed by atoms with van der Waals surface area (Å²) in [6, 6.07) is 3.27. The van der Waals surface area contributed by atoms with Gasteiger partial charge in [-0.1, -0.05) is 6.07 Å². The average Bonchev–Trinajstić information content (AvgIpc) is 3.16. The third-order valence-electron chi connectivity index (χ3n) is 4.19. The Kier molecular flexibility index (Phi) is 7.82. The van der Waals surface area contributed by atoms with Gasteiger partial charge in [0.25, 0.3) is 0 Å². The number of esters is 1. The molecule has 1 aromatic heterocycles. The van der Waals surface area contributed by atoms with Gasteiger partial charge < -0.3 is 30.4 Å². The Balaban J connectivity index is 1.99. The van der Waals surface area contributed by atoms with E-state index < -0.39 is 23.8 Å². The van der Waals surface area contributed by atoms with Crippen molar-refractivity contribution in [2.24, 2.45) is 5.92 Å². The molecule has 0 radical (unpaired) electrons. The minimum absolute atomic E-state index is 0.0459. The molecular formula is C19H25N3O6. The Labute approximate surface area is 162 Å². The first-order valence-electron chi connectivity index (χ1n) is 8.97. The van der Waals surface area contributed by atoms with Crippen molar-refractivity contribution >= 4 is 11.9 Å². The zero-order chi connectivity index (χ0) is 20.5. The number of aliphatic hydroxyl groups excluding tert-OH is 1. The average molecular weight is 391 g/mol. The van der Waals surface area contributed by atoms with Crippen LogP contribution < -0.4 is 5.32 Å². The summed E-state index contributed by atoms with van der Waals surface area (Å²) in [7, 11) is 0. The van der Waals surface area contributed by atoms with Gasteiger partial charge in [-0.05, 0) is 30.9 Å². The fourth-order valence-electron chi connectivity index (χ4n) is 2.80. The molecule has 0 fully saturated rings. The van der Waals surface area contributed by atoms with E-state index in [9.17, 15) is 24.9 Å². The van der Waals surface area contributed by atoms with Crippen LogP contribution in [-0.4, -0.2) is 56.4 Å². The number of aliphatic hydroxyl groups is 1. The van der Waals surface area contributed by atoms with Crippen LogP contribution in [-0.2, 0) is 27.2 Å². The third-order valence-corrected chi connectivity index (χ3v) is 4.19. The summed E-state index contributed by atoms with van der Waals surface area (Å²) in [6.45, 7) is 1.59. The molecule has 2 aromatic rings. The highest BCUT2D eigenvalue weighted by molar-refractivity contribution is 5.84. The Morgan fingerprint density at radius 2 is 2.07 bits per heavy atom. The van der Waals surface area contributed by atoms with Crippen LogP contribution in [0, 0.1) is 5.92 Å². The fraction of sp³-hybridized carbons (Fsp3) is 0.421. The lowest BCUT2D eigenvalue weighted by Gasteiger charge is -2.19. The number of aromatic nitrogens is 2. The number of phenols is 2. The van der Waals surface area contributed by atoms with E-state index in [0.29, 0.717) is 11.3 Å². The highest BCUT2D eigenvalue weighted by Crippen LogP contribution is 2.25. The molecule has 9 nitrogen and oxygen atoms in total. The molecule has 0 bridgehead atoms. The molecule has 2 atom stereocenters. The molecule has 152 valence electrons. The molecule has 0 saturated heterocycles. The Hall–Kier alpha value is -3.07. The molecule has 2 rings (SSSR count). The van der Waals surface area contributed by atoms with Gasteiger partial charge in [0.1, 0.15) is 17.5 Å². The number of amides is 1. The molecule has 28 heavy (non-hydrogen) atoms. The number of carbonyl (C=O) groups is 2. The van der Waals surface area contributed by atoms with Gasteiger partial charge in [-0.2, -0.15) is 0 Å². The van der Waals surface area contributed by atoms with E-state index in [0.717, 1.165) is 0 Å². The number of carbonyl (C=O) groups excluding carboxylic acids is 2. The lowest BCUT2D eigenvalue weighted by molar-refractivity contribution is -0.147. The molecule has 1 aromatic carbocycles. The molecule has 1 heterocycles. The van der Waals surface area contributed by atoms with Gasteiger partial charge >= 0.3 is 5.97 Å². The second kappa shape index (κ2) is 10.3. The first kappa shape index (κ1) is 21.2. The molecular weight excluding hydrogens is 366 g/mol. The lowest BCUT2D eigenvalue weighted by Crippen LogP contribution is -2.44. The summed E-state index contributed by atoms with van der Waals surface area (Å²) in [5.41, 5.74) is 1.18. The fourth-order valence-corrected chi connectivity index (χ4v) is 2.80. The number of hydrogen-bond acceptors (Lipinski definition) is 7. The molecule has 1 amide bonds. The van der Waals surface area contributed by atoms with Gasteiger partial charge in [0, 0.05) is 37.4 Å². The van der Waals surface area contributed by atoms with Crippen molar-refractivity contribution in [3.05, 3.63) is 42.0 Å². The highest BCUT2D eigenvalue weighted by Gasteiger charge is 2.25. The van der Waals surface area contributed by atoms with Gasteiger partial charge in [0.05, 0.1) is 12.9 Å². The van der Waals surface area contributed by atoms with Gasteiger partial charge in [-0.15, -0.1) is 0 Å². The van der Waals surface area contributed by atoms with E-state index in [1.54, 1.807) is 13.1 Å². The van der Waals surface area contributed by atoms with Crippen LogP contribution >= 0.6 is 0 Å². The minimum atomic E-state index is -0.880. The summed E-state index contributed by atoms with van der Waals surface area (Å²) >= 11 is 0. The van der Waals surface area contributed by atoms with Crippen LogP contribution in [0.25, 0.3) is 0 Å². The van der Waals surface area contributed by atoms with Crippen LogP contribution in [0.4, 0.5) is 0 Å². The second-order valence-electron chi connectivity index (χ2n) is 6.42. The second-order valence-corrected chi connectivity index (χ2v) is 6.42. The number of aromatic amines is 1. The topological polar surface area (TPSA) is 145 Å². The standard InChI is InChI=1S/C19H25N3O6/c1-2-28-19(27)16(7-14-9-20-11-21-14)22-18(26)6-12(10-23)5-13-3-4-15(24)8-17(13)25/h3-4,8-9,11-12,16,23-25H,2,5-7,10H2,1H3,(H,20,21)(H,22,26). The molecule has 2 unspecified atom stereocenters. The number of imidazole rings is 1. The lowest BCUT2D eigenvalue weighted by atomic mass is 9.95. The predicted octanol–water partition coefficient (Wildman–Crippen LogP) is 0.653. The van der Waals surface area contributed by atoms with Crippen molar-refractivity contribution in [3.63, 3.8) is 0 Å². The van der Waals surface area contributed by atoms with E-state index in [1.807, 2.05) is 0 Å². The number of phenolic OH excluding ortho intramolecular Hbond substituents is 2. The van der Waals surface area contributed by atoms with E-state index >= 15 is 0 Å². The van der Waals surface area contributed by atoms with Gasteiger partial charge in [0.2, 0.25) is 5.91 Å². The maximum atomic E-state index is 12.4. The number of rotatable bonds is 10. The summed E-state index contributed by atoms with van der Waals surface area (Å²) in [5, 5.41) is 31.5. The summed E-state index contributed by atoms with van der Waals surface area (Å²) < 4.78 is 5.01. The minimum Gasteiger partial charge on any atom is -0.508 e. The van der Waals surface area contributed by atoms with Crippen LogP contribution in [0.5, 0.6) is 11.5 Å². The smallest absolute Gasteiger partial charge is 0.329 e. The number of H-pyrrole nitrogens is 1. The van der Waals surface area contributed by atoms with E-state index in [4.69, 9.17) is 4.74 Å². The van der Waals surface area contributed by atoms with Crippen molar-refractivity contribution < 1.29 is 29.6 Å². The Morgan fingerprint density at radius 1 is 1.29 bits per heavy atom. The van der Waals surface area contributed by atoms with E-state index in [2.05, 4.69) is 15.3 Å². The maximum Gasteiger partial charge on any atom is 0.329 e. The predicted molar refractivity (Wildman–Crippen MR) is 99.5 cm³/mol. The molecule has 0 aliphatic rings. The normalized spacial score (nSPS) is 12.9. The van der Waals surface area contributed by atoms with Crippen LogP contribution in [0.3, 0.4) is 0 Å². The number of aromatic hydroxyl groups is 2. The van der Waals surface area contributed by atoms with Crippen molar-refractivity contribution in [3.8, 4) is 11.5 Å². The van der Waals surface area contributed by atoms with Crippen LogP contribution in [0.2, 0.25) is 0 Å². The first-order chi connectivity index (χ1) is 13.4. The molecule has 0 spiro atoms. The highest BCUT2D eigenvalue weighted by atomic mass is 16.5. The maximum absolute atomic E-state index is 12.4. The largest absolute Gasteiger partial charge is 0.508 e. The van der Waals surface area contributed by atoms with Crippen molar-refractivity contribution in [2.75, 3.05) is 13.2 Å². The number of nitrogens with zero attached hydrogens (tertiary/aromatic N) is 1. The van der Waals surface area contributed by atoms with Crippen molar-refractivity contribution in [2.45, 2.75) is 32.2 Å². The number of hydrogen-bond donors (Lipinski definition) is 5. The van der Waals surface area contributed by atoms with Crippen molar-refractivity contribution in [1.29, 1.82) is 0 Å². The summed E-state index contributed by atoms with van der Waals surface area (Å²) in [5.74, 6) is -1.62. The molecule has 9 heteroatoms. The first-order valence-corrected chi connectivity index (χ1v) is 8.97. The van der Waals surface area contributed by atoms with E-state index in [-0.39, 0.29) is 44.0 Å². The van der Waals surface area contributed by atoms with Crippen LogP contribution in [0.15, 0.2) is 30.7 Å². The summed E-state index contributed by atoms with van der Waals surface area (Å²) in [6.07, 6.45) is 3.43. The third kappa shape index (κ3) is 6.27. The zero-order valence-corrected chi connectivity index (χ0v) is 15.6. The SMILES string of the molecule is CCOC(=O)C(Cc1cnc[nH]1)NC(=O)CC(CO)Cc1ccc(O)cc1O. The van der Waals surface area contributed by atoms with Crippen molar-refractivity contribution in [1.82, 2.24) is 15.3 Å². The molecule has 0 aliphatic carbocycles. The van der Waals surface area contributed by atoms with Gasteiger partial charge in [-0.25, -0.2) is 9.78 Å². The summed E-state index contributed by atoms with van der Waals surface area (Å²) in [4.78, 5) is 31.3. The van der Waals surface area contributed by atoms with Gasteiger partial charge in [-0.3, -0.25) is 4.79 Å². The molecule has 0 saturated carbocycles. The quantitative estimate of drug-likeness (QED) is 0.374. The molecule has 5 N–H and O–H groups in total. The van der Waals surface area contributed by atoms with Gasteiger partial charge in [0.15, 0.2) is 0 Å². The number of benzene rings is 1. The monoisotopic (exact) mass is 391 g/mol. The zero-order valence-electron chi connectivity index (χ0n) is 15.6. The number of ether oxygens (including phenoxy) is 1. The Bertz CT molecular complexity index is 778. The Morgan fingerprint density at radius 3 is 2.68 bits per heavy atom. The van der Waals surface area contributed by atoms with E-state index in [1.165, 1.54) is 24.5 Å². The molecule has 0 aliphatic heterocycles. The number of nitrogens with one attached hydrogen (secondary N) is 2. The van der Waals surface area contributed by atoms with Crippen LogP contribution in [0.1, 0.15) is 24.6 Å².